The number of nitrogens with one attached hydrogen (secondary N) is 3. The summed E-state index contributed by atoms with van der Waals surface area (Å²) in [5, 5.41) is 8.32. The highest BCUT2D eigenvalue weighted by molar-refractivity contribution is 6.01. The van der Waals surface area contributed by atoms with Crippen molar-refractivity contribution in [3.8, 4) is 0 Å². The highest BCUT2D eigenvalue weighted by atomic mass is 19.4. The summed E-state index contributed by atoms with van der Waals surface area (Å²) < 4.78 is 127. The summed E-state index contributed by atoms with van der Waals surface area (Å²) in [6, 6.07) is -11.5. The highest BCUT2D eigenvalue weighted by Crippen LogP contribution is 2.46. The van der Waals surface area contributed by atoms with Crippen molar-refractivity contribution < 1.29 is 102 Å². The van der Waals surface area contributed by atoms with Crippen LogP contribution < -0.4 is 16.0 Å². The summed E-state index contributed by atoms with van der Waals surface area (Å²) in [5.41, 5.74) is -1.70. The number of fused-ring (bicyclic) bond motifs is 3. The molecule has 26 nitrogen and oxygen atoms in total. The predicted molar refractivity (Wildman–Crippen MR) is 376 cm³/mol. The number of amides is 12. The van der Waals surface area contributed by atoms with E-state index in [0.29, 0.717) is 38.5 Å². The van der Waals surface area contributed by atoms with Gasteiger partial charge in [0.25, 0.3) is 0 Å². The molecule has 608 valence electrons. The third kappa shape index (κ3) is 20.5. The van der Waals surface area contributed by atoms with Crippen molar-refractivity contribution >= 4 is 70.9 Å². The number of carbonyl (C=O) groups is 12. The van der Waals surface area contributed by atoms with Crippen LogP contribution >= 0.6 is 0 Å². The molecule has 108 heavy (non-hydrogen) atoms. The van der Waals surface area contributed by atoms with Gasteiger partial charge in [0, 0.05) is 81.5 Å². The molecule has 4 aliphatic heterocycles. The zero-order valence-electron chi connectivity index (χ0n) is 63.9. The van der Waals surface area contributed by atoms with Crippen molar-refractivity contribution in [3.05, 3.63) is 12.2 Å². The maximum atomic E-state index is 15.6. The van der Waals surface area contributed by atoms with E-state index >= 15 is 37.5 Å². The molecule has 0 aromatic rings. The zero-order chi connectivity index (χ0) is 79.6. The maximum Gasteiger partial charge on any atom is 0.397 e. The van der Waals surface area contributed by atoms with Gasteiger partial charge in [0.15, 0.2) is 0 Å². The number of hydrogen-bond donors (Lipinski definition) is 3. The second-order valence-electron chi connectivity index (χ2n) is 31.4. The number of nitrogens with zero attached hydrogens (tertiary/aromatic N) is 9. The Hall–Kier alpha value is -7.26. The van der Waals surface area contributed by atoms with Gasteiger partial charge in [0.1, 0.15) is 72.1 Å². The van der Waals surface area contributed by atoms with Gasteiger partial charge in [-0.15, -0.1) is 0 Å². The lowest BCUT2D eigenvalue weighted by Crippen LogP contribution is -2.68. The lowest BCUT2D eigenvalue weighted by Gasteiger charge is -2.47. The first-order chi connectivity index (χ1) is 50.8. The van der Waals surface area contributed by atoms with E-state index in [9.17, 15) is 55.1 Å². The topological polar surface area (TPSA) is 289 Å². The molecule has 0 aromatic heterocycles. The van der Waals surface area contributed by atoms with Crippen LogP contribution in [0.5, 0.6) is 0 Å². The number of likely N-dealkylation sites (N-methyl/N-ethyl adjacent to an activating group) is 6. The predicted octanol–water partition coefficient (Wildman–Crippen LogP) is 5.10. The van der Waals surface area contributed by atoms with Crippen LogP contribution in [0.25, 0.3) is 0 Å². The van der Waals surface area contributed by atoms with Gasteiger partial charge < -0.3 is 69.5 Å². The van der Waals surface area contributed by atoms with Crippen LogP contribution in [0.4, 0.5) is 35.1 Å². The number of halogens is 8. The molecule has 34 heteroatoms. The van der Waals surface area contributed by atoms with Crippen molar-refractivity contribution in [2.45, 2.75) is 247 Å². The second-order valence-corrected chi connectivity index (χ2v) is 31.4. The van der Waals surface area contributed by atoms with Crippen LogP contribution in [-0.4, -0.2) is 301 Å². The Morgan fingerprint density at radius 2 is 1.28 bits per heavy atom. The van der Waals surface area contributed by atoms with Crippen LogP contribution in [0.1, 0.15) is 163 Å². The fourth-order valence-corrected chi connectivity index (χ4v) is 17.1. The second kappa shape index (κ2) is 37.2. The Balaban J connectivity index is 1.19. The SMILES string of the molecule is CCO[C@@H]1C[C@H]2C(=O)NC3(CCC3)C(=O)N(C)[C@@H](C3CCCC3)C(=O)N(C)[C@H](C(=O)N3CCOCC3)CC(=O)N(C)[C@@H](C)C(=O)N[C@@H]([C@@H](C)CC)C(=O)N(C)CC(=O)N(C)[C@H]3C/C=C\CCN(C3=O)[C@@H](CC3CCC(C(F)(F)F)CC3)C(=O)N(C)CC(=O)N[C@@H](CCC3CC(F)C(C(F)(F)F)C(F)C3)C(=O)N2C1. The molecule has 4 aliphatic carbocycles. The minimum Gasteiger partial charge on any atom is -0.378 e. The largest absolute Gasteiger partial charge is 0.397 e. The Morgan fingerprint density at radius 3 is 1.86 bits per heavy atom. The van der Waals surface area contributed by atoms with Crippen LogP contribution in [-0.2, 0) is 67.0 Å². The van der Waals surface area contributed by atoms with E-state index in [1.165, 1.54) is 63.9 Å². The number of ether oxygens (including phenoxy) is 2. The lowest BCUT2D eigenvalue weighted by molar-refractivity contribution is -0.219. The Bertz CT molecular complexity index is 3240. The Morgan fingerprint density at radius 1 is 0.648 bits per heavy atom. The van der Waals surface area contributed by atoms with Gasteiger partial charge in [0.05, 0.1) is 44.7 Å². The molecule has 7 fully saturated rings. The fourth-order valence-electron chi connectivity index (χ4n) is 17.1. The van der Waals surface area contributed by atoms with E-state index in [1.54, 1.807) is 32.9 Å². The molecule has 0 aromatic carbocycles. The monoisotopic (exact) mass is 1540 g/mol. The Kier molecular flexibility index (Phi) is 29.7. The van der Waals surface area contributed by atoms with Gasteiger partial charge >= 0.3 is 12.4 Å². The molecule has 8 rings (SSSR count). The summed E-state index contributed by atoms with van der Waals surface area (Å²) in [5.74, 6) is -16.9. The third-order valence-electron chi connectivity index (χ3n) is 24.3. The van der Waals surface area contributed by atoms with Gasteiger partial charge in [-0.05, 0) is 140 Å². The van der Waals surface area contributed by atoms with E-state index in [2.05, 4.69) is 16.0 Å². The molecular weight excluding hydrogens is 1430 g/mol. The molecule has 8 aliphatic rings. The van der Waals surface area contributed by atoms with Crippen molar-refractivity contribution in [2.75, 3.05) is 101 Å². The molecular formula is C74H112F8N12O14. The first kappa shape index (κ1) is 86.3. The quantitative estimate of drug-likeness (QED) is 0.179. The minimum atomic E-state index is -5.22. The minimum absolute atomic E-state index is 0.00586. The van der Waals surface area contributed by atoms with E-state index in [1.807, 2.05) is 0 Å². The number of rotatable bonds is 11. The first-order valence-electron chi connectivity index (χ1n) is 38.5. The fraction of sp³-hybridized carbons (Fsp3) is 0.811. The number of carbonyl (C=O) groups excluding carboxylic acids is 12. The van der Waals surface area contributed by atoms with E-state index in [4.69, 9.17) is 9.47 Å². The molecule has 1 spiro atoms. The maximum absolute atomic E-state index is 15.6. The smallest absolute Gasteiger partial charge is 0.378 e. The van der Waals surface area contributed by atoms with Crippen molar-refractivity contribution in [2.24, 2.45) is 35.5 Å². The van der Waals surface area contributed by atoms with Crippen molar-refractivity contribution in [1.29, 1.82) is 0 Å². The van der Waals surface area contributed by atoms with Crippen LogP contribution in [0.2, 0.25) is 0 Å². The summed E-state index contributed by atoms with van der Waals surface area (Å²) in [4.78, 5) is 191. The lowest BCUT2D eigenvalue weighted by atomic mass is 9.74. The van der Waals surface area contributed by atoms with E-state index in [-0.39, 0.29) is 117 Å². The van der Waals surface area contributed by atoms with Gasteiger partial charge in [-0.2, -0.15) is 26.3 Å². The summed E-state index contributed by atoms with van der Waals surface area (Å²) in [6.45, 7) is 5.10. The van der Waals surface area contributed by atoms with Gasteiger partial charge in [-0.25, -0.2) is 8.78 Å². The third-order valence-corrected chi connectivity index (χ3v) is 24.3. The molecule has 3 saturated heterocycles. The average molecular weight is 1550 g/mol. The van der Waals surface area contributed by atoms with Crippen molar-refractivity contribution in [1.82, 2.24) is 60.0 Å². The molecule has 2 bridgehead atoms. The van der Waals surface area contributed by atoms with Gasteiger partial charge in [-0.1, -0.05) is 45.3 Å². The Labute approximate surface area is 627 Å². The van der Waals surface area contributed by atoms with Crippen LogP contribution in [0.3, 0.4) is 0 Å². The van der Waals surface area contributed by atoms with Crippen molar-refractivity contribution in [3.63, 3.8) is 0 Å². The van der Waals surface area contributed by atoms with Gasteiger partial charge in [-0.3, -0.25) is 57.5 Å². The first-order valence-corrected chi connectivity index (χ1v) is 38.5. The van der Waals surface area contributed by atoms with E-state index in [0.717, 1.165) is 29.4 Å². The number of morpholine rings is 1. The highest BCUT2D eigenvalue weighted by Gasteiger charge is 2.56. The zero-order valence-corrected chi connectivity index (χ0v) is 63.9. The van der Waals surface area contributed by atoms with E-state index < -0.39 is 230 Å². The molecule has 3 N–H and O–H groups in total. The molecule has 0 radical (unpaired) electrons. The summed E-state index contributed by atoms with van der Waals surface area (Å²) in [7, 11) is 7.93. The molecule has 12 amide bonds. The normalized spacial score (nSPS) is 32.8. The van der Waals surface area contributed by atoms with Crippen LogP contribution in [0.15, 0.2) is 12.2 Å². The molecule has 2 unspecified atom stereocenters. The van der Waals surface area contributed by atoms with Crippen LogP contribution in [0, 0.1) is 35.5 Å². The summed E-state index contributed by atoms with van der Waals surface area (Å²) in [6.07, 6.45) is -13.3. The summed E-state index contributed by atoms with van der Waals surface area (Å²) >= 11 is 0. The molecule has 4 saturated carbocycles. The molecule has 12 atom stereocenters. The molecule has 4 heterocycles. The standard InChI is InChI=1S/C74H112F8N12O14/c1-11-43(3)61-69(104)87(6)42-59(97)89(8)53-21-14-13-17-30-93(68(53)103)56(37-45-22-25-48(26-23-45)73(77,78)79)66(101)86(5)41-57(95)83-52(27-24-46-35-50(75)60(51(76)36-46)74(80,81)82)65(100)94-40-49(108-12-2)38-54(94)64(99)85-72(28-18-29-72)71(106)91(10)62(47-19-15-16-20-47)70(105)90(9)55(67(102)92-31-33-107-34-32-92)39-58(96)88(7)44(4)63(98)84-61/h13-14,43-56,60-62H,11-12,15-42H2,1-10H3,(H,83,95)(H,84,98)(H,85,99)/b14-13-/t43-,44-,45?,46?,48?,49+,50?,51?,52-,53-,54-,55-,56-,60?,61-,62-/m0/s1. The van der Waals surface area contributed by atoms with Gasteiger partial charge in [0.2, 0.25) is 70.9 Å². The number of alkyl halides is 8. The average Bonchev–Trinajstić information content (AvgIpc) is 1.54. The number of hydrogen-bond acceptors (Lipinski definition) is 14.